The molecule has 1 heterocycles. The molecule has 0 spiro atoms. The van der Waals surface area contributed by atoms with Gasteiger partial charge in [-0.2, -0.15) is 0 Å². The van der Waals surface area contributed by atoms with Crippen molar-refractivity contribution in [2.24, 2.45) is 0 Å². The summed E-state index contributed by atoms with van der Waals surface area (Å²) in [7, 11) is 1.38. The van der Waals surface area contributed by atoms with E-state index in [1.54, 1.807) is 0 Å². The van der Waals surface area contributed by atoms with Gasteiger partial charge in [0.15, 0.2) is 6.29 Å². The Morgan fingerprint density at radius 2 is 1.74 bits per heavy atom. The highest BCUT2D eigenvalue weighted by Crippen LogP contribution is 2.21. The first-order valence-electron chi connectivity index (χ1n) is 6.92. The molecule has 1 aliphatic heterocycles. The number of rotatable bonds is 8. The number of methoxy groups -OCH3 is 1. The maximum atomic E-state index is 9.79. The summed E-state index contributed by atoms with van der Waals surface area (Å²) in [5.74, 6) is 0. The largest absolute Gasteiger partial charge is 0.387 e. The van der Waals surface area contributed by atoms with Gasteiger partial charge in [-0.25, -0.2) is 0 Å². The molecule has 1 fully saturated rings. The molecule has 0 aromatic rings. The van der Waals surface area contributed by atoms with Gasteiger partial charge in [0.05, 0.1) is 6.61 Å². The van der Waals surface area contributed by atoms with E-state index in [-0.39, 0.29) is 6.61 Å². The fourth-order valence-corrected chi connectivity index (χ4v) is 2.08. The Kier molecular flexibility index (Phi) is 7.82. The third-order valence-electron chi connectivity index (χ3n) is 3.33. The fourth-order valence-electron chi connectivity index (χ4n) is 2.08. The Morgan fingerprint density at radius 1 is 1.00 bits per heavy atom. The summed E-state index contributed by atoms with van der Waals surface area (Å²) in [6.07, 6.45) is -0.888. The van der Waals surface area contributed by atoms with E-state index >= 15 is 0 Å². The third kappa shape index (κ3) is 4.98. The molecule has 0 radical (unpaired) electrons. The highest BCUT2D eigenvalue weighted by molar-refractivity contribution is 4.88. The van der Waals surface area contributed by atoms with Gasteiger partial charge < -0.3 is 29.5 Å². The molecule has 6 nitrogen and oxygen atoms in total. The van der Waals surface area contributed by atoms with Crippen LogP contribution in [0.2, 0.25) is 0 Å². The lowest BCUT2D eigenvalue weighted by atomic mass is 9.99. The van der Waals surface area contributed by atoms with Gasteiger partial charge in [-0.15, -0.1) is 0 Å². The summed E-state index contributed by atoms with van der Waals surface area (Å²) < 4.78 is 15.7. The monoisotopic (exact) mass is 278 g/mol. The SMILES string of the molecule is CCCCCCOCC1O[C@H](OC)C(O)C(O)[C@@H]1O. The van der Waals surface area contributed by atoms with Crippen LogP contribution in [0.5, 0.6) is 0 Å². The Bertz CT molecular complexity index is 235. The van der Waals surface area contributed by atoms with E-state index in [2.05, 4.69) is 6.92 Å². The highest BCUT2D eigenvalue weighted by Gasteiger charge is 2.43. The zero-order valence-electron chi connectivity index (χ0n) is 11.7. The summed E-state index contributed by atoms with van der Waals surface area (Å²) in [6.45, 7) is 2.92. The number of aliphatic hydroxyl groups excluding tert-OH is 3. The molecule has 1 saturated heterocycles. The number of unbranched alkanes of at least 4 members (excludes halogenated alkanes) is 3. The Hall–Kier alpha value is -0.240. The topological polar surface area (TPSA) is 88.4 Å². The molecule has 0 bridgehead atoms. The standard InChI is InChI=1S/C13H26O6/c1-3-4-5-6-7-18-8-9-10(14)11(15)12(16)13(17-2)19-9/h9-16H,3-8H2,1-2H3/t9?,10-,11?,12?,13+/m1/s1. The quantitative estimate of drug-likeness (QED) is 0.543. The van der Waals surface area contributed by atoms with Crippen LogP contribution < -0.4 is 0 Å². The maximum absolute atomic E-state index is 9.79. The number of hydrogen-bond acceptors (Lipinski definition) is 6. The normalized spacial score (nSPS) is 35.5. The zero-order valence-corrected chi connectivity index (χ0v) is 11.7. The first kappa shape index (κ1) is 16.8. The van der Waals surface area contributed by atoms with Crippen molar-refractivity contribution in [2.75, 3.05) is 20.3 Å². The Labute approximate surface area is 114 Å². The second kappa shape index (κ2) is 8.84. The molecule has 3 unspecified atom stereocenters. The van der Waals surface area contributed by atoms with E-state index in [0.717, 1.165) is 12.8 Å². The average molecular weight is 278 g/mol. The van der Waals surface area contributed by atoms with Crippen molar-refractivity contribution in [3.05, 3.63) is 0 Å². The molecule has 1 aliphatic rings. The first-order chi connectivity index (χ1) is 9.11. The van der Waals surface area contributed by atoms with Gasteiger partial charge in [0, 0.05) is 13.7 Å². The van der Waals surface area contributed by atoms with Crippen molar-refractivity contribution >= 4 is 0 Å². The van der Waals surface area contributed by atoms with E-state index in [0.29, 0.717) is 6.61 Å². The van der Waals surface area contributed by atoms with Gasteiger partial charge in [-0.1, -0.05) is 26.2 Å². The molecular weight excluding hydrogens is 252 g/mol. The minimum atomic E-state index is -1.28. The summed E-state index contributed by atoms with van der Waals surface area (Å²) in [4.78, 5) is 0. The predicted octanol–water partition coefficient (Wildman–Crippen LogP) is 0.0373. The van der Waals surface area contributed by atoms with Crippen LogP contribution in [0.25, 0.3) is 0 Å². The van der Waals surface area contributed by atoms with E-state index in [9.17, 15) is 15.3 Å². The van der Waals surface area contributed by atoms with Crippen LogP contribution in [0.3, 0.4) is 0 Å². The lowest BCUT2D eigenvalue weighted by Crippen LogP contribution is -2.59. The number of aliphatic hydroxyl groups is 3. The predicted molar refractivity (Wildman–Crippen MR) is 68.7 cm³/mol. The maximum Gasteiger partial charge on any atom is 0.186 e. The molecule has 0 aromatic heterocycles. The van der Waals surface area contributed by atoms with E-state index in [1.807, 2.05) is 0 Å². The minimum absolute atomic E-state index is 0.178. The van der Waals surface area contributed by atoms with Crippen molar-refractivity contribution in [3.63, 3.8) is 0 Å². The smallest absolute Gasteiger partial charge is 0.186 e. The van der Waals surface area contributed by atoms with Gasteiger partial charge in [0.1, 0.15) is 24.4 Å². The van der Waals surface area contributed by atoms with Crippen molar-refractivity contribution in [3.8, 4) is 0 Å². The van der Waals surface area contributed by atoms with Crippen molar-refractivity contribution in [2.45, 2.75) is 63.3 Å². The van der Waals surface area contributed by atoms with Crippen LogP contribution in [0.4, 0.5) is 0 Å². The summed E-state index contributed by atoms with van der Waals surface area (Å²) in [5.41, 5.74) is 0. The lowest BCUT2D eigenvalue weighted by Gasteiger charge is -2.39. The Morgan fingerprint density at radius 3 is 2.37 bits per heavy atom. The molecule has 0 aliphatic carbocycles. The number of ether oxygens (including phenoxy) is 3. The molecular formula is C13H26O6. The second-order valence-corrected chi connectivity index (χ2v) is 4.89. The van der Waals surface area contributed by atoms with Gasteiger partial charge in [-0.05, 0) is 6.42 Å². The molecule has 6 heteroatoms. The van der Waals surface area contributed by atoms with Crippen LogP contribution >= 0.6 is 0 Å². The fraction of sp³-hybridized carbons (Fsp3) is 1.00. The lowest BCUT2D eigenvalue weighted by molar-refractivity contribution is -0.296. The van der Waals surface area contributed by atoms with Crippen LogP contribution in [0, 0.1) is 0 Å². The van der Waals surface area contributed by atoms with Gasteiger partial charge in [-0.3, -0.25) is 0 Å². The molecule has 1 rings (SSSR count). The van der Waals surface area contributed by atoms with Crippen LogP contribution in [-0.2, 0) is 14.2 Å². The molecule has 5 atom stereocenters. The van der Waals surface area contributed by atoms with Crippen LogP contribution in [-0.4, -0.2) is 66.3 Å². The van der Waals surface area contributed by atoms with Gasteiger partial charge in [0.25, 0.3) is 0 Å². The van der Waals surface area contributed by atoms with Gasteiger partial charge >= 0.3 is 0 Å². The summed E-state index contributed by atoms with van der Waals surface area (Å²) in [6, 6.07) is 0. The molecule has 114 valence electrons. The molecule has 19 heavy (non-hydrogen) atoms. The first-order valence-corrected chi connectivity index (χ1v) is 6.92. The second-order valence-electron chi connectivity index (χ2n) is 4.89. The molecule has 0 aromatic carbocycles. The Balaban J connectivity index is 2.28. The van der Waals surface area contributed by atoms with Gasteiger partial charge in [0.2, 0.25) is 0 Å². The van der Waals surface area contributed by atoms with Crippen molar-refractivity contribution < 1.29 is 29.5 Å². The van der Waals surface area contributed by atoms with E-state index < -0.39 is 30.7 Å². The van der Waals surface area contributed by atoms with E-state index in [4.69, 9.17) is 14.2 Å². The van der Waals surface area contributed by atoms with Crippen molar-refractivity contribution in [1.82, 2.24) is 0 Å². The van der Waals surface area contributed by atoms with Crippen LogP contribution in [0.15, 0.2) is 0 Å². The number of hydrogen-bond donors (Lipinski definition) is 3. The van der Waals surface area contributed by atoms with Crippen LogP contribution in [0.1, 0.15) is 32.6 Å². The minimum Gasteiger partial charge on any atom is -0.387 e. The third-order valence-corrected chi connectivity index (χ3v) is 3.33. The zero-order chi connectivity index (χ0) is 14.3. The van der Waals surface area contributed by atoms with E-state index in [1.165, 1.54) is 20.0 Å². The summed E-state index contributed by atoms with van der Waals surface area (Å²) >= 11 is 0. The average Bonchev–Trinajstić information content (AvgIpc) is 2.42. The molecule has 0 saturated carbocycles. The summed E-state index contributed by atoms with van der Waals surface area (Å²) in [5, 5.41) is 29.1. The highest BCUT2D eigenvalue weighted by atomic mass is 16.7. The molecule has 0 amide bonds. The van der Waals surface area contributed by atoms with Crippen molar-refractivity contribution in [1.29, 1.82) is 0 Å². The molecule has 3 N–H and O–H groups in total.